The molecule has 0 saturated heterocycles. The van der Waals surface area contributed by atoms with E-state index in [4.69, 9.17) is 0 Å². The summed E-state index contributed by atoms with van der Waals surface area (Å²) >= 11 is 0. The second-order valence-electron chi connectivity index (χ2n) is 16.2. The van der Waals surface area contributed by atoms with E-state index in [1.807, 2.05) is 0 Å². The second kappa shape index (κ2) is 22.9. The minimum absolute atomic E-state index is 0.999. The number of rotatable bonds is 24. The van der Waals surface area contributed by atoms with Crippen molar-refractivity contribution < 1.29 is 13.5 Å². The molecule has 0 unspecified atom stereocenters. The summed E-state index contributed by atoms with van der Waals surface area (Å²) in [6.45, 7) is 12.4. The maximum absolute atomic E-state index is 2.40. The molecule has 0 saturated carbocycles. The number of quaternary nitrogens is 2. The van der Waals surface area contributed by atoms with Gasteiger partial charge in [-0.15, -0.1) is 0 Å². The van der Waals surface area contributed by atoms with Crippen LogP contribution in [0.15, 0.2) is 97.3 Å². The molecule has 0 N–H and O–H groups in total. The quantitative estimate of drug-likeness (QED) is 0.0230. The first-order valence-electron chi connectivity index (χ1n) is 20.4. The number of pyridine rings is 1. The van der Waals surface area contributed by atoms with E-state index in [2.05, 4.69) is 214 Å². The van der Waals surface area contributed by atoms with Crippen LogP contribution in [0.25, 0.3) is 24.3 Å². The molecule has 0 aliphatic carbocycles. The molecule has 4 rings (SSSR count). The first kappa shape index (κ1) is 44.2. The number of benzene rings is 3. The molecule has 4 aromatic rings. The Labute approximate surface area is 343 Å². The Morgan fingerprint density at radius 3 is 1.36 bits per heavy atom. The summed E-state index contributed by atoms with van der Waals surface area (Å²) < 4.78 is 4.35. The van der Waals surface area contributed by atoms with E-state index in [1.54, 1.807) is 0 Å². The molecule has 7 heteroatoms. The Bertz CT molecular complexity index is 1580. The van der Waals surface area contributed by atoms with E-state index in [0.717, 1.165) is 35.0 Å². The van der Waals surface area contributed by atoms with Gasteiger partial charge in [-0.05, 0) is 65.4 Å². The highest BCUT2D eigenvalue weighted by Gasteiger charge is 2.17. The van der Waals surface area contributed by atoms with Gasteiger partial charge in [-0.1, -0.05) is 101 Å². The van der Waals surface area contributed by atoms with E-state index in [-0.39, 0.29) is 0 Å². The average Bonchev–Trinajstić information content (AvgIpc) is 3.19. The lowest BCUT2D eigenvalue weighted by molar-refractivity contribution is -0.890. The van der Waals surface area contributed by atoms with Crippen LogP contribution in [0.2, 0.25) is 0 Å². The third kappa shape index (κ3) is 16.6. The number of aryl methyl sites for hydroxylation is 2. The summed E-state index contributed by atoms with van der Waals surface area (Å²) in [5.41, 5.74) is 8.90. The van der Waals surface area contributed by atoms with Crippen molar-refractivity contribution in [3.8, 4) is 0 Å². The topological polar surface area (TPSA) is 10.4 Å². The predicted molar refractivity (Wildman–Crippen MR) is 248 cm³/mol. The molecule has 0 fully saturated rings. The summed E-state index contributed by atoms with van der Waals surface area (Å²) in [7, 11) is 18.1. The molecule has 1 heterocycles. The van der Waals surface area contributed by atoms with E-state index < -0.39 is 0 Å². The SMILES string of the molecule is CCc1ccc(/C=C/c2ccc(N(C)CCC[N+](C)(C)CCCSSCC[N+](C)(C)CCCN(C)c3ccc(/C=C/c4cc[n+](CC)cc4)cc3)cc2)cc1. The smallest absolute Gasteiger partial charge is 0.169 e. The van der Waals surface area contributed by atoms with Crippen LogP contribution in [-0.2, 0) is 13.0 Å². The number of nitrogens with zero attached hydrogens (tertiary/aromatic N) is 5. The zero-order valence-corrected chi connectivity index (χ0v) is 36.9. The third-order valence-corrected chi connectivity index (χ3v) is 13.1. The predicted octanol–water partition coefficient (Wildman–Crippen LogP) is 10.2. The summed E-state index contributed by atoms with van der Waals surface area (Å²) in [4.78, 5) is 4.79. The van der Waals surface area contributed by atoms with E-state index in [1.165, 1.54) is 96.1 Å². The van der Waals surface area contributed by atoms with Crippen molar-refractivity contribution in [1.82, 2.24) is 0 Å². The molecule has 5 nitrogen and oxygen atoms in total. The molecule has 55 heavy (non-hydrogen) atoms. The Hall–Kier alpha value is -3.49. The molecule has 0 aliphatic rings. The third-order valence-electron chi connectivity index (χ3n) is 10.6. The summed E-state index contributed by atoms with van der Waals surface area (Å²) in [6, 6.07) is 31.1. The fourth-order valence-corrected chi connectivity index (χ4v) is 8.96. The van der Waals surface area contributed by atoms with Crippen molar-refractivity contribution in [2.75, 3.05) is 103 Å². The van der Waals surface area contributed by atoms with Gasteiger partial charge in [0.15, 0.2) is 12.4 Å². The van der Waals surface area contributed by atoms with Gasteiger partial charge in [0.25, 0.3) is 0 Å². The Morgan fingerprint density at radius 2 is 0.909 bits per heavy atom. The largest absolute Gasteiger partial charge is 0.374 e. The zero-order valence-electron chi connectivity index (χ0n) is 35.3. The summed E-state index contributed by atoms with van der Waals surface area (Å²) in [5.74, 6) is 2.44. The van der Waals surface area contributed by atoms with Crippen LogP contribution < -0.4 is 14.4 Å². The summed E-state index contributed by atoms with van der Waals surface area (Å²) in [6.07, 6.45) is 17.8. The molecule has 296 valence electrons. The molecular formula is C48H70N5S2+3. The minimum atomic E-state index is 0.999. The van der Waals surface area contributed by atoms with Gasteiger partial charge in [0.1, 0.15) is 6.54 Å². The Balaban J connectivity index is 1.03. The Kier molecular flexibility index (Phi) is 18.4. The van der Waals surface area contributed by atoms with Crippen LogP contribution in [0, 0.1) is 0 Å². The van der Waals surface area contributed by atoms with Crippen LogP contribution in [0.5, 0.6) is 0 Å². The van der Waals surface area contributed by atoms with Crippen molar-refractivity contribution >= 4 is 57.3 Å². The van der Waals surface area contributed by atoms with Crippen LogP contribution in [0.3, 0.4) is 0 Å². The van der Waals surface area contributed by atoms with Gasteiger partial charge >= 0.3 is 0 Å². The molecule has 0 bridgehead atoms. The van der Waals surface area contributed by atoms with Crippen molar-refractivity contribution in [2.24, 2.45) is 0 Å². The van der Waals surface area contributed by atoms with Gasteiger partial charge in [-0.2, -0.15) is 0 Å². The lowest BCUT2D eigenvalue weighted by Crippen LogP contribution is -2.43. The first-order chi connectivity index (χ1) is 26.4. The normalized spacial score (nSPS) is 12.2. The highest BCUT2D eigenvalue weighted by molar-refractivity contribution is 8.76. The van der Waals surface area contributed by atoms with Gasteiger partial charge < -0.3 is 18.8 Å². The van der Waals surface area contributed by atoms with E-state index in [9.17, 15) is 0 Å². The maximum atomic E-state index is 2.40. The molecule has 3 aromatic carbocycles. The summed E-state index contributed by atoms with van der Waals surface area (Å²) in [5, 5.41) is 0. The lowest BCUT2D eigenvalue weighted by atomic mass is 10.1. The molecular weight excluding hydrogens is 711 g/mol. The fraction of sp³-hybridized carbons (Fsp3) is 0.438. The van der Waals surface area contributed by atoms with Gasteiger partial charge in [0, 0.05) is 75.7 Å². The minimum Gasteiger partial charge on any atom is -0.374 e. The standard InChI is InChI=1S/C48H70N5S2/c1-9-42-14-16-43(17-15-42)18-19-44-22-26-47(27-23-44)49(3)32-11-36-52(5,6)38-13-40-54-55-41-39-53(7,8)37-12-33-50(4)48-28-24-45(25-29-48)20-21-46-30-34-51(10-2)35-31-46/h14-31,34-35H,9-13,32-33,36-41H2,1-8H3/q+3/b19-18+. The number of anilines is 2. The van der Waals surface area contributed by atoms with Gasteiger partial charge in [-0.3, -0.25) is 0 Å². The van der Waals surface area contributed by atoms with Crippen LogP contribution in [-0.4, -0.2) is 102 Å². The van der Waals surface area contributed by atoms with E-state index in [0.29, 0.717) is 0 Å². The van der Waals surface area contributed by atoms with Gasteiger partial charge in [0.2, 0.25) is 0 Å². The molecule has 1 aromatic heterocycles. The number of hydrogen-bond acceptors (Lipinski definition) is 4. The highest BCUT2D eigenvalue weighted by atomic mass is 33.1. The molecule has 0 aliphatic heterocycles. The molecule has 0 amide bonds. The van der Waals surface area contributed by atoms with Crippen molar-refractivity contribution in [1.29, 1.82) is 0 Å². The van der Waals surface area contributed by atoms with Crippen molar-refractivity contribution in [3.63, 3.8) is 0 Å². The van der Waals surface area contributed by atoms with Crippen molar-refractivity contribution in [2.45, 2.75) is 46.1 Å². The Morgan fingerprint density at radius 1 is 0.509 bits per heavy atom. The van der Waals surface area contributed by atoms with Crippen LogP contribution >= 0.6 is 21.6 Å². The van der Waals surface area contributed by atoms with Crippen LogP contribution in [0.4, 0.5) is 11.4 Å². The highest BCUT2D eigenvalue weighted by Crippen LogP contribution is 2.24. The monoisotopic (exact) mass is 781 g/mol. The fourth-order valence-electron chi connectivity index (χ4n) is 6.63. The molecule has 0 radical (unpaired) electrons. The first-order valence-corrected chi connectivity index (χ1v) is 22.9. The van der Waals surface area contributed by atoms with E-state index >= 15 is 0 Å². The molecule has 0 atom stereocenters. The van der Waals surface area contributed by atoms with Gasteiger partial charge in [0.05, 0.1) is 60.1 Å². The maximum Gasteiger partial charge on any atom is 0.169 e. The number of aromatic nitrogens is 1. The van der Waals surface area contributed by atoms with Gasteiger partial charge in [-0.25, -0.2) is 4.57 Å². The molecule has 0 spiro atoms. The lowest BCUT2D eigenvalue weighted by Gasteiger charge is -2.31. The zero-order chi connectivity index (χ0) is 39.5. The second-order valence-corrected chi connectivity index (χ2v) is 18.9. The van der Waals surface area contributed by atoms with Crippen molar-refractivity contribution in [3.05, 3.63) is 125 Å². The number of hydrogen-bond donors (Lipinski definition) is 0. The average molecular weight is 781 g/mol. The van der Waals surface area contributed by atoms with Crippen LogP contribution in [0.1, 0.15) is 60.9 Å².